The highest BCUT2D eigenvalue weighted by atomic mass is 16.6. The van der Waals surface area contributed by atoms with Gasteiger partial charge in [-0.05, 0) is 46.8 Å². The van der Waals surface area contributed by atoms with Crippen LogP contribution < -0.4 is 9.80 Å². The molecular weight excluding hydrogens is 460 g/mol. The number of hydrogen-bond donors (Lipinski definition) is 0. The van der Waals surface area contributed by atoms with E-state index in [1.807, 2.05) is 43.3 Å². The number of rotatable bonds is 7. The van der Waals surface area contributed by atoms with Crippen molar-refractivity contribution in [3.05, 3.63) is 94.9 Å². The monoisotopic (exact) mass is 482 g/mol. The molecule has 3 heterocycles. The van der Waals surface area contributed by atoms with E-state index < -0.39 is 11.8 Å². The summed E-state index contributed by atoms with van der Waals surface area (Å²) in [6.07, 6.45) is 0. The van der Waals surface area contributed by atoms with Crippen LogP contribution >= 0.6 is 0 Å². The number of oxime groups is 1. The van der Waals surface area contributed by atoms with Gasteiger partial charge in [0, 0.05) is 32.4 Å². The quantitative estimate of drug-likeness (QED) is 0.224. The van der Waals surface area contributed by atoms with Gasteiger partial charge in [0.1, 0.15) is 5.82 Å². The zero-order valence-electron chi connectivity index (χ0n) is 19.9. The van der Waals surface area contributed by atoms with Crippen molar-refractivity contribution >= 4 is 29.0 Å². The van der Waals surface area contributed by atoms with E-state index in [9.17, 15) is 9.59 Å². The van der Waals surface area contributed by atoms with Gasteiger partial charge in [-0.25, -0.2) is 14.6 Å². The smallest absolute Gasteiger partial charge is 0.267 e. The summed E-state index contributed by atoms with van der Waals surface area (Å²) in [5.74, 6) is -0.157. The SMILES string of the molecule is CN(C)c1cccc(C(=NOCc2cccc(N3C(=O)c4ccccc4C3=O)n2)c2nnnn2C)c1. The Balaban J connectivity index is 1.40. The lowest BCUT2D eigenvalue weighted by Crippen LogP contribution is -2.30. The molecule has 1 aliphatic heterocycles. The zero-order chi connectivity index (χ0) is 25.2. The minimum atomic E-state index is -0.406. The van der Waals surface area contributed by atoms with E-state index in [0.717, 1.165) is 16.2 Å². The zero-order valence-corrected chi connectivity index (χ0v) is 19.9. The van der Waals surface area contributed by atoms with E-state index in [1.165, 1.54) is 4.68 Å². The van der Waals surface area contributed by atoms with Gasteiger partial charge in [0.2, 0.25) is 5.82 Å². The van der Waals surface area contributed by atoms with Gasteiger partial charge in [0.15, 0.2) is 12.3 Å². The van der Waals surface area contributed by atoms with Gasteiger partial charge < -0.3 is 9.74 Å². The summed E-state index contributed by atoms with van der Waals surface area (Å²) in [5.41, 5.74) is 3.40. The van der Waals surface area contributed by atoms with Gasteiger partial charge in [-0.1, -0.05) is 35.5 Å². The molecule has 11 heteroatoms. The van der Waals surface area contributed by atoms with Crippen molar-refractivity contribution in [2.45, 2.75) is 6.61 Å². The van der Waals surface area contributed by atoms with Crippen LogP contribution in [0.4, 0.5) is 11.5 Å². The molecule has 0 fully saturated rings. The molecule has 5 rings (SSSR count). The molecule has 11 nitrogen and oxygen atoms in total. The topological polar surface area (TPSA) is 119 Å². The number of nitrogens with zero attached hydrogens (tertiary/aromatic N) is 8. The fourth-order valence-electron chi connectivity index (χ4n) is 3.82. The minimum absolute atomic E-state index is 0.000833. The fourth-order valence-corrected chi connectivity index (χ4v) is 3.82. The van der Waals surface area contributed by atoms with Crippen LogP contribution in [0.5, 0.6) is 0 Å². The number of carbonyl (C=O) groups is 2. The molecule has 1 aliphatic rings. The first kappa shape index (κ1) is 22.8. The summed E-state index contributed by atoms with van der Waals surface area (Å²) < 4.78 is 1.51. The van der Waals surface area contributed by atoms with Crippen LogP contribution in [0.25, 0.3) is 0 Å². The standard InChI is InChI=1S/C25H22N8O3/c1-31(2)18-10-6-8-16(14-18)22(23-27-29-30-32(23)3)28-36-15-17-9-7-13-21(26-17)33-24(34)19-11-4-5-12-20(19)25(33)35/h4-14H,15H2,1-3H3. The summed E-state index contributed by atoms with van der Waals surface area (Å²) in [5, 5.41) is 16.0. The van der Waals surface area contributed by atoms with Gasteiger partial charge in [-0.15, -0.1) is 5.10 Å². The van der Waals surface area contributed by atoms with Gasteiger partial charge in [-0.3, -0.25) is 9.59 Å². The van der Waals surface area contributed by atoms with Crippen molar-refractivity contribution in [2.24, 2.45) is 12.2 Å². The number of carbonyl (C=O) groups excluding carboxylic acids is 2. The molecule has 0 N–H and O–H groups in total. The Hall–Kier alpha value is -4.93. The molecule has 0 saturated carbocycles. The van der Waals surface area contributed by atoms with Crippen LogP contribution in [0.1, 0.15) is 37.8 Å². The van der Waals surface area contributed by atoms with Gasteiger partial charge >= 0.3 is 0 Å². The Morgan fingerprint density at radius 2 is 1.69 bits per heavy atom. The fraction of sp³-hybridized carbons (Fsp3) is 0.160. The van der Waals surface area contributed by atoms with Crippen molar-refractivity contribution in [3.63, 3.8) is 0 Å². The average molecular weight is 483 g/mol. The summed E-state index contributed by atoms with van der Waals surface area (Å²) in [6, 6.07) is 19.5. The maximum absolute atomic E-state index is 12.8. The molecule has 2 aromatic heterocycles. The molecule has 2 amide bonds. The lowest BCUT2D eigenvalue weighted by atomic mass is 10.1. The van der Waals surface area contributed by atoms with Crippen LogP contribution in [0.15, 0.2) is 71.9 Å². The largest absolute Gasteiger partial charge is 0.389 e. The number of aryl methyl sites for hydroxylation is 1. The maximum atomic E-state index is 12.8. The molecular formula is C25H22N8O3. The predicted octanol–water partition coefficient (Wildman–Crippen LogP) is 2.44. The van der Waals surface area contributed by atoms with Crippen LogP contribution in [-0.4, -0.2) is 56.8 Å². The number of tetrazole rings is 1. The number of amides is 2. The molecule has 2 aromatic carbocycles. The lowest BCUT2D eigenvalue weighted by molar-refractivity contribution is 0.0924. The first-order chi connectivity index (χ1) is 17.4. The molecule has 0 radical (unpaired) electrons. The summed E-state index contributed by atoms with van der Waals surface area (Å²) in [6.45, 7) is -0.000833. The van der Waals surface area contributed by atoms with E-state index in [0.29, 0.717) is 28.4 Å². The Morgan fingerprint density at radius 1 is 0.972 bits per heavy atom. The molecule has 180 valence electrons. The third-order valence-corrected chi connectivity index (χ3v) is 5.65. The molecule has 0 aliphatic carbocycles. The first-order valence-corrected chi connectivity index (χ1v) is 11.1. The summed E-state index contributed by atoms with van der Waals surface area (Å²) >= 11 is 0. The highest BCUT2D eigenvalue weighted by Gasteiger charge is 2.37. The van der Waals surface area contributed by atoms with Gasteiger partial charge in [-0.2, -0.15) is 0 Å². The molecule has 0 spiro atoms. The second kappa shape index (κ2) is 9.37. The van der Waals surface area contributed by atoms with E-state index in [2.05, 4.69) is 25.7 Å². The Bertz CT molecular complexity index is 1460. The van der Waals surface area contributed by atoms with Crippen molar-refractivity contribution in [3.8, 4) is 0 Å². The number of imide groups is 1. The predicted molar refractivity (Wildman–Crippen MR) is 132 cm³/mol. The summed E-state index contributed by atoms with van der Waals surface area (Å²) in [7, 11) is 5.61. The van der Waals surface area contributed by atoms with Crippen molar-refractivity contribution in [2.75, 3.05) is 23.9 Å². The van der Waals surface area contributed by atoms with E-state index in [4.69, 9.17) is 4.84 Å². The second-order valence-electron chi connectivity index (χ2n) is 8.26. The lowest BCUT2D eigenvalue weighted by Gasteiger charge is -2.14. The van der Waals surface area contributed by atoms with Crippen LogP contribution in [-0.2, 0) is 18.5 Å². The number of pyridine rings is 1. The number of aromatic nitrogens is 5. The minimum Gasteiger partial charge on any atom is -0.389 e. The molecule has 4 aromatic rings. The number of benzene rings is 2. The number of fused-ring (bicyclic) bond motifs is 1. The molecule has 0 atom stereocenters. The molecule has 0 bridgehead atoms. The molecule has 36 heavy (non-hydrogen) atoms. The van der Waals surface area contributed by atoms with Crippen LogP contribution in [0.2, 0.25) is 0 Å². The van der Waals surface area contributed by atoms with Crippen LogP contribution in [0, 0.1) is 0 Å². The van der Waals surface area contributed by atoms with Crippen molar-refractivity contribution < 1.29 is 14.4 Å². The Morgan fingerprint density at radius 3 is 2.36 bits per heavy atom. The molecule has 0 unspecified atom stereocenters. The van der Waals surface area contributed by atoms with Crippen molar-refractivity contribution in [1.29, 1.82) is 0 Å². The van der Waals surface area contributed by atoms with Gasteiger partial charge in [0.25, 0.3) is 11.8 Å². The molecule has 0 saturated heterocycles. The van der Waals surface area contributed by atoms with Crippen LogP contribution in [0.3, 0.4) is 0 Å². The first-order valence-electron chi connectivity index (χ1n) is 11.1. The van der Waals surface area contributed by atoms with E-state index in [1.54, 1.807) is 49.5 Å². The van der Waals surface area contributed by atoms with Crippen molar-refractivity contribution in [1.82, 2.24) is 25.2 Å². The van der Waals surface area contributed by atoms with E-state index in [-0.39, 0.29) is 12.4 Å². The second-order valence-corrected chi connectivity index (χ2v) is 8.26. The highest BCUT2D eigenvalue weighted by molar-refractivity contribution is 6.34. The normalized spacial score (nSPS) is 13.2. The number of hydrogen-bond acceptors (Lipinski definition) is 9. The third-order valence-electron chi connectivity index (χ3n) is 5.65. The number of anilines is 2. The maximum Gasteiger partial charge on any atom is 0.267 e. The Labute approximate surface area is 206 Å². The summed E-state index contributed by atoms with van der Waals surface area (Å²) in [4.78, 5) is 38.8. The Kier molecular flexibility index (Phi) is 5.95. The third kappa shape index (κ3) is 4.17. The van der Waals surface area contributed by atoms with E-state index >= 15 is 0 Å². The average Bonchev–Trinajstić information content (AvgIpc) is 3.42. The highest BCUT2D eigenvalue weighted by Crippen LogP contribution is 2.27. The van der Waals surface area contributed by atoms with Gasteiger partial charge in [0.05, 0.1) is 16.8 Å².